The van der Waals surface area contributed by atoms with Crippen LogP contribution in [0.2, 0.25) is 0 Å². The van der Waals surface area contributed by atoms with Crippen molar-refractivity contribution in [2.24, 2.45) is 5.92 Å². The number of piperidine rings is 1. The molecule has 0 saturated carbocycles. The van der Waals surface area contributed by atoms with Crippen molar-refractivity contribution in [3.05, 3.63) is 52.7 Å². The highest BCUT2D eigenvalue weighted by molar-refractivity contribution is 6.02. The predicted molar refractivity (Wildman–Crippen MR) is 134 cm³/mol. The van der Waals surface area contributed by atoms with Crippen LogP contribution in [0.25, 0.3) is 22.5 Å². The fraction of sp³-hybridized carbons (Fsp3) is 0.429. The second kappa shape index (κ2) is 9.04. The summed E-state index contributed by atoms with van der Waals surface area (Å²) in [6.07, 6.45) is 3.41. The van der Waals surface area contributed by atoms with Gasteiger partial charge in [-0.25, -0.2) is 0 Å². The molecule has 35 heavy (non-hydrogen) atoms. The quantitative estimate of drug-likeness (QED) is 0.359. The van der Waals surface area contributed by atoms with Crippen molar-refractivity contribution in [1.82, 2.24) is 15.8 Å². The van der Waals surface area contributed by atoms with Gasteiger partial charge in [-0.15, -0.1) is 0 Å². The smallest absolute Gasteiger partial charge is 0.274 e. The number of nitrogens with zero attached hydrogens (tertiary/aromatic N) is 1. The highest BCUT2D eigenvalue weighted by Crippen LogP contribution is 2.49. The molecule has 3 unspecified atom stereocenters. The first kappa shape index (κ1) is 23.4. The number of aromatic nitrogens is 1. The maximum Gasteiger partial charge on any atom is 0.274 e. The van der Waals surface area contributed by atoms with Crippen LogP contribution in [0.4, 0.5) is 0 Å². The third-order valence-corrected chi connectivity index (χ3v) is 7.50. The van der Waals surface area contributed by atoms with Crippen LogP contribution in [0.5, 0.6) is 11.5 Å². The Balaban J connectivity index is 1.67. The second-order valence-corrected chi connectivity index (χ2v) is 10.0. The number of benzene rings is 2. The first-order chi connectivity index (χ1) is 16.8. The van der Waals surface area contributed by atoms with Crippen molar-refractivity contribution in [3.8, 4) is 33.9 Å². The third-order valence-electron chi connectivity index (χ3n) is 7.50. The number of phenols is 2. The van der Waals surface area contributed by atoms with Crippen LogP contribution in [-0.2, 0) is 0 Å². The van der Waals surface area contributed by atoms with E-state index in [2.05, 4.69) is 34.8 Å². The molecule has 0 aliphatic carbocycles. The first-order valence-electron chi connectivity index (χ1n) is 12.6. The Morgan fingerprint density at radius 1 is 1.11 bits per heavy atom. The Morgan fingerprint density at radius 3 is 2.54 bits per heavy atom. The van der Waals surface area contributed by atoms with Gasteiger partial charge in [0.1, 0.15) is 11.5 Å². The molecular formula is C28H33N3O4. The molecule has 1 aromatic heterocycles. The first-order valence-corrected chi connectivity index (χ1v) is 12.6. The lowest BCUT2D eigenvalue weighted by Crippen LogP contribution is -2.27. The van der Waals surface area contributed by atoms with Crippen molar-refractivity contribution in [2.45, 2.75) is 65.0 Å². The Hall–Kier alpha value is -3.32. The van der Waals surface area contributed by atoms with Crippen LogP contribution in [0.1, 0.15) is 92.1 Å². The van der Waals surface area contributed by atoms with E-state index in [1.54, 1.807) is 6.07 Å². The maximum absolute atomic E-state index is 12.9. The van der Waals surface area contributed by atoms with E-state index in [0.717, 1.165) is 18.4 Å². The zero-order valence-corrected chi connectivity index (χ0v) is 20.7. The number of carbonyl (C=O) groups is 1. The Bertz CT molecular complexity index is 1280. The lowest BCUT2D eigenvalue weighted by atomic mass is 9.89. The molecule has 1 saturated heterocycles. The fourth-order valence-corrected chi connectivity index (χ4v) is 5.64. The number of rotatable bonds is 6. The highest BCUT2D eigenvalue weighted by atomic mass is 16.5. The van der Waals surface area contributed by atoms with Crippen LogP contribution in [-0.4, -0.2) is 27.8 Å². The number of carbonyl (C=O) groups excluding carboxylic acids is 1. The summed E-state index contributed by atoms with van der Waals surface area (Å²) >= 11 is 0. The Kier molecular flexibility index (Phi) is 6.05. The number of hydrogen-bond donors (Lipinski definition) is 4. The van der Waals surface area contributed by atoms with E-state index in [1.165, 1.54) is 23.6 Å². The second-order valence-electron chi connectivity index (χ2n) is 10.0. The van der Waals surface area contributed by atoms with E-state index in [-0.39, 0.29) is 29.0 Å². The normalized spacial score (nSPS) is 20.8. The van der Waals surface area contributed by atoms with Gasteiger partial charge in [-0.2, -0.15) is 0 Å². The molecule has 3 heterocycles. The monoisotopic (exact) mass is 475 g/mol. The van der Waals surface area contributed by atoms with Crippen LogP contribution in [0.3, 0.4) is 0 Å². The van der Waals surface area contributed by atoms with Crippen LogP contribution >= 0.6 is 0 Å². The van der Waals surface area contributed by atoms with Gasteiger partial charge < -0.3 is 25.4 Å². The van der Waals surface area contributed by atoms with Gasteiger partial charge in [0.05, 0.1) is 11.1 Å². The average Bonchev–Trinajstić information content (AvgIpc) is 3.38. The predicted octanol–water partition coefficient (Wildman–Crippen LogP) is 5.80. The maximum atomic E-state index is 12.9. The number of hydrogen-bond acceptors (Lipinski definition) is 6. The van der Waals surface area contributed by atoms with Gasteiger partial charge in [-0.05, 0) is 66.0 Å². The third kappa shape index (κ3) is 3.97. The average molecular weight is 476 g/mol. The van der Waals surface area contributed by atoms with E-state index in [9.17, 15) is 15.0 Å². The van der Waals surface area contributed by atoms with Gasteiger partial charge in [0.15, 0.2) is 11.5 Å². The number of amides is 1. The van der Waals surface area contributed by atoms with Gasteiger partial charge >= 0.3 is 0 Å². The Labute approximate surface area is 205 Å². The summed E-state index contributed by atoms with van der Waals surface area (Å²) in [7, 11) is 0. The molecule has 184 valence electrons. The standard InChI is InChI=1S/C28H33N3O4/c1-5-15-9-21-17-8-7-16(11-19(17)22(10-15)30-21)25-26(28(34)29-6-2)31-35-27(25)20-12-18(14(3)4)23(32)13-24(20)33/h7-8,11-15,21-22,30,32-33H,5-6,9-10H2,1-4H3,(H,29,34). The fourth-order valence-electron chi connectivity index (χ4n) is 5.64. The van der Waals surface area contributed by atoms with E-state index in [1.807, 2.05) is 26.8 Å². The minimum Gasteiger partial charge on any atom is -0.508 e. The highest BCUT2D eigenvalue weighted by Gasteiger charge is 2.38. The van der Waals surface area contributed by atoms with Crippen molar-refractivity contribution in [1.29, 1.82) is 0 Å². The molecule has 1 fully saturated rings. The van der Waals surface area contributed by atoms with Gasteiger partial charge in [0.2, 0.25) is 0 Å². The molecule has 0 radical (unpaired) electrons. The number of phenolic OH excluding ortho intramolecular Hbond substituents is 2. The van der Waals surface area contributed by atoms with Crippen molar-refractivity contribution < 1.29 is 19.5 Å². The van der Waals surface area contributed by atoms with Crippen LogP contribution in [0, 0.1) is 5.92 Å². The minimum atomic E-state index is -0.330. The lowest BCUT2D eigenvalue weighted by molar-refractivity contribution is 0.0947. The van der Waals surface area contributed by atoms with E-state index < -0.39 is 0 Å². The molecule has 1 amide bonds. The topological polar surface area (TPSA) is 108 Å². The molecule has 2 aromatic carbocycles. The summed E-state index contributed by atoms with van der Waals surface area (Å²) < 4.78 is 5.73. The van der Waals surface area contributed by atoms with E-state index in [4.69, 9.17) is 4.52 Å². The summed E-state index contributed by atoms with van der Waals surface area (Å²) in [6.45, 7) is 8.49. The van der Waals surface area contributed by atoms with Gasteiger partial charge in [0.25, 0.3) is 5.91 Å². The van der Waals surface area contributed by atoms with Gasteiger partial charge in [-0.1, -0.05) is 44.5 Å². The number of fused-ring (bicyclic) bond motifs is 5. The summed E-state index contributed by atoms with van der Waals surface area (Å²) in [6, 6.07) is 10.0. The van der Waals surface area contributed by atoms with Crippen molar-refractivity contribution in [2.75, 3.05) is 6.54 Å². The molecule has 2 aliphatic rings. The lowest BCUT2D eigenvalue weighted by Gasteiger charge is -2.28. The van der Waals surface area contributed by atoms with Gasteiger partial charge in [-0.3, -0.25) is 4.79 Å². The molecule has 7 heteroatoms. The minimum absolute atomic E-state index is 0.0209. The van der Waals surface area contributed by atoms with E-state index in [0.29, 0.717) is 47.0 Å². The molecule has 4 N–H and O–H groups in total. The van der Waals surface area contributed by atoms with Crippen LogP contribution in [0.15, 0.2) is 34.9 Å². The molecule has 5 rings (SSSR count). The molecule has 3 atom stereocenters. The summed E-state index contributed by atoms with van der Waals surface area (Å²) in [5.41, 5.74) is 5.20. The molecule has 2 bridgehead atoms. The summed E-state index contributed by atoms with van der Waals surface area (Å²) in [5, 5.41) is 31.8. The van der Waals surface area contributed by atoms with Gasteiger partial charge in [0, 0.05) is 24.7 Å². The van der Waals surface area contributed by atoms with Crippen molar-refractivity contribution in [3.63, 3.8) is 0 Å². The summed E-state index contributed by atoms with van der Waals surface area (Å²) in [4.78, 5) is 12.9. The molecule has 2 aliphatic heterocycles. The zero-order chi connectivity index (χ0) is 24.9. The SMILES string of the molecule is CCNC(=O)c1noc(-c2cc(C(C)C)c(O)cc2O)c1-c1ccc2c(c1)C1CC(CC)CC2N1. The zero-order valence-electron chi connectivity index (χ0n) is 20.7. The molecule has 3 aromatic rings. The Morgan fingerprint density at radius 2 is 1.86 bits per heavy atom. The largest absolute Gasteiger partial charge is 0.508 e. The van der Waals surface area contributed by atoms with Crippen molar-refractivity contribution >= 4 is 5.91 Å². The number of aromatic hydroxyl groups is 2. The number of nitrogens with one attached hydrogen (secondary N) is 2. The molecular weight excluding hydrogens is 442 g/mol. The summed E-state index contributed by atoms with van der Waals surface area (Å²) in [5.74, 6) is 0.598. The van der Waals surface area contributed by atoms with E-state index >= 15 is 0 Å². The molecule has 0 spiro atoms. The van der Waals surface area contributed by atoms with Crippen LogP contribution < -0.4 is 10.6 Å². The molecule has 7 nitrogen and oxygen atoms in total.